The van der Waals surface area contributed by atoms with Gasteiger partial charge in [-0.15, -0.1) is 0 Å². The van der Waals surface area contributed by atoms with Crippen LogP contribution >= 0.6 is 0 Å². The highest BCUT2D eigenvalue weighted by Gasteiger charge is 2.40. The summed E-state index contributed by atoms with van der Waals surface area (Å²) in [6.45, 7) is 0. The molecule has 1 heterocycles. The Morgan fingerprint density at radius 2 is 1.40 bits per heavy atom. The molecule has 20 heavy (non-hydrogen) atoms. The Morgan fingerprint density at radius 3 is 1.60 bits per heavy atom. The lowest BCUT2D eigenvalue weighted by atomic mass is 9.96. The number of aliphatic carboxylic acids is 3. The number of carboxylic acids is 3. The van der Waals surface area contributed by atoms with E-state index in [-0.39, 0.29) is 5.75 Å². The summed E-state index contributed by atoms with van der Waals surface area (Å²) in [5.41, 5.74) is -2.74. The Morgan fingerprint density at radius 1 is 1.00 bits per heavy atom. The molecule has 0 spiro atoms. The molecular formula is C11H13NO8. The summed E-state index contributed by atoms with van der Waals surface area (Å²) in [6, 6.07) is 3.06. The average molecular weight is 287 g/mol. The molecule has 0 bridgehead atoms. The van der Waals surface area contributed by atoms with E-state index in [2.05, 4.69) is 4.98 Å². The van der Waals surface area contributed by atoms with Gasteiger partial charge in [-0.2, -0.15) is 0 Å². The SMILES string of the molecule is O=C(O)CC(O)(CC(=O)O)C(=O)O.Oc1ccncc1. The third-order valence-corrected chi connectivity index (χ3v) is 1.95. The Kier molecular flexibility index (Phi) is 6.66. The minimum atomic E-state index is -2.74. The number of aliphatic hydroxyl groups is 1. The summed E-state index contributed by atoms with van der Waals surface area (Å²) >= 11 is 0. The molecular weight excluding hydrogens is 274 g/mol. The molecule has 0 aliphatic rings. The predicted octanol–water partition coefficient (Wildman–Crippen LogP) is -0.461. The summed E-state index contributed by atoms with van der Waals surface area (Å²) in [5.74, 6) is -4.76. The minimum Gasteiger partial charge on any atom is -0.508 e. The number of rotatable bonds is 5. The highest BCUT2D eigenvalue weighted by molar-refractivity contribution is 5.88. The van der Waals surface area contributed by atoms with Crippen LogP contribution in [0.5, 0.6) is 5.75 Å². The molecule has 1 rings (SSSR count). The van der Waals surface area contributed by atoms with Crippen molar-refractivity contribution < 1.29 is 39.9 Å². The Labute approximate surface area is 112 Å². The van der Waals surface area contributed by atoms with E-state index < -0.39 is 36.4 Å². The van der Waals surface area contributed by atoms with Gasteiger partial charge in [0.05, 0.1) is 12.8 Å². The van der Waals surface area contributed by atoms with Gasteiger partial charge in [0.1, 0.15) is 5.75 Å². The number of hydrogen-bond donors (Lipinski definition) is 5. The molecule has 0 saturated carbocycles. The van der Waals surface area contributed by atoms with Gasteiger partial charge in [0.25, 0.3) is 0 Å². The van der Waals surface area contributed by atoms with E-state index in [0.717, 1.165) is 0 Å². The van der Waals surface area contributed by atoms with Crippen LogP contribution in [0.2, 0.25) is 0 Å². The van der Waals surface area contributed by atoms with Gasteiger partial charge in [0, 0.05) is 12.4 Å². The third-order valence-electron chi connectivity index (χ3n) is 1.95. The normalized spacial score (nSPS) is 10.1. The Balaban J connectivity index is 0.000000428. The van der Waals surface area contributed by atoms with Gasteiger partial charge >= 0.3 is 17.9 Å². The number of aromatic hydroxyl groups is 1. The van der Waals surface area contributed by atoms with E-state index in [9.17, 15) is 14.4 Å². The Hall–Kier alpha value is -2.68. The van der Waals surface area contributed by atoms with Crippen molar-refractivity contribution in [1.82, 2.24) is 4.98 Å². The summed E-state index contributed by atoms with van der Waals surface area (Å²) in [5, 5.41) is 42.4. The molecule has 0 amide bonds. The zero-order valence-electron chi connectivity index (χ0n) is 10.1. The van der Waals surface area contributed by atoms with Crippen molar-refractivity contribution in [2.75, 3.05) is 0 Å². The van der Waals surface area contributed by atoms with Gasteiger partial charge in [0.2, 0.25) is 0 Å². The molecule has 0 saturated heterocycles. The molecule has 0 atom stereocenters. The lowest BCUT2D eigenvalue weighted by Gasteiger charge is -2.18. The van der Waals surface area contributed by atoms with E-state index in [1.165, 1.54) is 24.5 Å². The number of nitrogens with zero attached hydrogens (tertiary/aromatic N) is 1. The second-order valence-corrected chi connectivity index (χ2v) is 3.68. The van der Waals surface area contributed by atoms with Crippen LogP contribution in [-0.4, -0.2) is 54.0 Å². The minimum absolute atomic E-state index is 0.259. The molecule has 9 heteroatoms. The van der Waals surface area contributed by atoms with Crippen LogP contribution in [0.25, 0.3) is 0 Å². The first kappa shape index (κ1) is 17.3. The molecule has 110 valence electrons. The highest BCUT2D eigenvalue weighted by atomic mass is 16.4. The van der Waals surface area contributed by atoms with Crippen molar-refractivity contribution in [1.29, 1.82) is 0 Å². The van der Waals surface area contributed by atoms with Crippen molar-refractivity contribution in [3.05, 3.63) is 24.5 Å². The first-order valence-electron chi connectivity index (χ1n) is 5.16. The molecule has 0 aliphatic carbocycles. The molecule has 0 fully saturated rings. The quantitative estimate of drug-likeness (QED) is 0.481. The van der Waals surface area contributed by atoms with Gasteiger partial charge in [-0.1, -0.05) is 0 Å². The second kappa shape index (κ2) is 7.69. The van der Waals surface area contributed by atoms with E-state index in [1.807, 2.05) is 0 Å². The molecule has 9 nitrogen and oxygen atoms in total. The van der Waals surface area contributed by atoms with Crippen LogP contribution in [0.4, 0.5) is 0 Å². The van der Waals surface area contributed by atoms with Crippen molar-refractivity contribution in [2.45, 2.75) is 18.4 Å². The zero-order chi connectivity index (χ0) is 15.8. The fraction of sp³-hybridized carbons (Fsp3) is 0.273. The van der Waals surface area contributed by atoms with E-state index in [4.69, 9.17) is 25.5 Å². The second-order valence-electron chi connectivity index (χ2n) is 3.68. The molecule has 1 aromatic heterocycles. The van der Waals surface area contributed by atoms with E-state index >= 15 is 0 Å². The maximum atomic E-state index is 10.3. The maximum Gasteiger partial charge on any atom is 0.336 e. The largest absolute Gasteiger partial charge is 0.508 e. The maximum absolute atomic E-state index is 10.3. The zero-order valence-corrected chi connectivity index (χ0v) is 10.1. The lowest BCUT2D eigenvalue weighted by molar-refractivity contribution is -0.170. The van der Waals surface area contributed by atoms with E-state index in [1.54, 1.807) is 0 Å². The monoisotopic (exact) mass is 287 g/mol. The number of aromatic nitrogens is 1. The first-order valence-corrected chi connectivity index (χ1v) is 5.16. The van der Waals surface area contributed by atoms with Gasteiger partial charge in [0.15, 0.2) is 5.60 Å². The summed E-state index contributed by atoms with van der Waals surface area (Å²) in [6.07, 6.45) is 0.786. The molecule has 1 aromatic rings. The highest BCUT2D eigenvalue weighted by Crippen LogP contribution is 2.15. The first-order chi connectivity index (χ1) is 9.17. The van der Waals surface area contributed by atoms with Crippen LogP contribution < -0.4 is 0 Å². The molecule has 0 unspecified atom stereocenters. The van der Waals surface area contributed by atoms with Crippen LogP contribution in [0, 0.1) is 0 Å². The lowest BCUT2D eigenvalue weighted by Crippen LogP contribution is -2.42. The Bertz CT molecular complexity index is 457. The van der Waals surface area contributed by atoms with Crippen LogP contribution in [0.3, 0.4) is 0 Å². The summed E-state index contributed by atoms with van der Waals surface area (Å²) in [7, 11) is 0. The van der Waals surface area contributed by atoms with Crippen LogP contribution in [0.1, 0.15) is 12.8 Å². The topological polar surface area (TPSA) is 165 Å². The van der Waals surface area contributed by atoms with Gasteiger partial charge < -0.3 is 25.5 Å². The number of hydrogen-bond acceptors (Lipinski definition) is 6. The van der Waals surface area contributed by atoms with Crippen LogP contribution in [-0.2, 0) is 14.4 Å². The van der Waals surface area contributed by atoms with Gasteiger partial charge in [-0.25, -0.2) is 4.79 Å². The summed E-state index contributed by atoms with van der Waals surface area (Å²) in [4.78, 5) is 34.2. The van der Waals surface area contributed by atoms with E-state index in [0.29, 0.717) is 0 Å². The third kappa shape index (κ3) is 6.91. The summed E-state index contributed by atoms with van der Waals surface area (Å²) < 4.78 is 0. The molecule has 0 aromatic carbocycles. The van der Waals surface area contributed by atoms with Crippen molar-refractivity contribution >= 4 is 17.9 Å². The van der Waals surface area contributed by atoms with Crippen molar-refractivity contribution in [3.8, 4) is 5.75 Å². The number of carboxylic acid groups (broad SMARTS) is 3. The van der Waals surface area contributed by atoms with Gasteiger partial charge in [-0.3, -0.25) is 14.6 Å². The average Bonchev–Trinajstić information content (AvgIpc) is 2.28. The van der Waals surface area contributed by atoms with Gasteiger partial charge in [-0.05, 0) is 12.1 Å². The molecule has 0 aliphatic heterocycles. The predicted molar refractivity (Wildman–Crippen MR) is 63.0 cm³/mol. The fourth-order valence-corrected chi connectivity index (χ4v) is 1.06. The van der Waals surface area contributed by atoms with Crippen molar-refractivity contribution in [2.24, 2.45) is 0 Å². The number of carbonyl (C=O) groups is 3. The smallest absolute Gasteiger partial charge is 0.336 e. The molecule has 5 N–H and O–H groups in total. The molecule has 0 radical (unpaired) electrons. The van der Waals surface area contributed by atoms with Crippen molar-refractivity contribution in [3.63, 3.8) is 0 Å². The van der Waals surface area contributed by atoms with Crippen LogP contribution in [0.15, 0.2) is 24.5 Å². The number of pyridine rings is 1. The fourth-order valence-electron chi connectivity index (χ4n) is 1.06. The standard InChI is InChI=1S/C6H8O7.C5H5NO/c7-3(8)1-6(13,5(11)12)2-4(9)10;7-5-1-3-6-4-2-5/h13H,1-2H2,(H,7,8)(H,9,10)(H,11,12);1-4H,(H,6,7).